The van der Waals surface area contributed by atoms with Crippen LogP contribution in [0.5, 0.6) is 0 Å². The van der Waals surface area contributed by atoms with Crippen LogP contribution in [-0.2, 0) is 42.6 Å². The topological polar surface area (TPSA) is 129 Å². The molecule has 9 aliphatic heterocycles. The Balaban J connectivity index is -0.000000704. The fourth-order valence-electron chi connectivity index (χ4n) is 20.2. The average Bonchev–Trinajstić information content (AvgIpc) is 0.754. The van der Waals surface area contributed by atoms with Gasteiger partial charge in [-0.05, 0) is 268 Å². The number of nitrogens with zero attached hydrogens (tertiary/aromatic N) is 9. The summed E-state index contributed by atoms with van der Waals surface area (Å²) in [7, 11) is 14.2. The van der Waals surface area contributed by atoms with E-state index < -0.39 is 5.60 Å². The molecule has 0 aromatic rings. The van der Waals surface area contributed by atoms with Crippen LogP contribution >= 0.6 is 0 Å². The van der Waals surface area contributed by atoms with Gasteiger partial charge in [0.1, 0.15) is 5.60 Å². The predicted octanol–water partition coefficient (Wildman–Crippen LogP) is 26.0. The molecular formula is C115H237N9O10. The molecule has 9 aliphatic rings. The van der Waals surface area contributed by atoms with E-state index in [0.717, 1.165) is 172 Å². The third-order valence-corrected chi connectivity index (χ3v) is 29.0. The van der Waals surface area contributed by atoms with Gasteiger partial charge in [0, 0.05) is 184 Å². The summed E-state index contributed by atoms with van der Waals surface area (Å²) in [4.78, 5) is 34.3. The summed E-state index contributed by atoms with van der Waals surface area (Å²) < 4.78 is 46.4. The van der Waals surface area contributed by atoms with Gasteiger partial charge in [-0.3, -0.25) is 39.2 Å². The second-order valence-corrected chi connectivity index (χ2v) is 44.7. The third kappa shape index (κ3) is 56.6. The Labute approximate surface area is 837 Å². The van der Waals surface area contributed by atoms with Crippen LogP contribution in [-0.4, -0.2) is 331 Å². The number of carbonyl (C=O) groups is 1. The summed E-state index contributed by atoms with van der Waals surface area (Å²) in [6.45, 7) is 112. The maximum absolute atomic E-state index is 12.2. The van der Waals surface area contributed by atoms with Crippen molar-refractivity contribution in [3.8, 4) is 0 Å². The first-order valence-electron chi connectivity index (χ1n) is 54.6. The zero-order chi connectivity index (χ0) is 104. The molecule has 0 saturated carbocycles. The van der Waals surface area contributed by atoms with Gasteiger partial charge < -0.3 is 47.5 Å². The van der Waals surface area contributed by atoms with E-state index in [9.17, 15) is 4.79 Å². The monoisotopic (exact) mass is 1900 g/mol. The molecular weight excluding hydrogens is 1670 g/mol. The Bertz CT molecular complexity index is 2670. The number of carbonyl (C=O) groups excluding carboxylic acids is 1. The number of hydrogen-bond acceptors (Lipinski definition) is 18. The molecule has 0 spiro atoms. The molecule has 14 atom stereocenters. The van der Waals surface area contributed by atoms with Crippen molar-refractivity contribution in [1.29, 1.82) is 0 Å². The van der Waals surface area contributed by atoms with Gasteiger partial charge in [-0.15, -0.1) is 0 Å². The fourth-order valence-corrected chi connectivity index (χ4v) is 20.2. The summed E-state index contributed by atoms with van der Waals surface area (Å²) in [5, 5.41) is 0. The maximum atomic E-state index is 12.2. The normalized spacial score (nSPS) is 26.0. The molecule has 0 aromatic carbocycles. The van der Waals surface area contributed by atoms with Gasteiger partial charge in [0.15, 0.2) is 0 Å². The van der Waals surface area contributed by atoms with E-state index >= 15 is 0 Å². The van der Waals surface area contributed by atoms with Crippen molar-refractivity contribution in [2.24, 2.45) is 56.7 Å². The molecule has 9 heterocycles. The third-order valence-electron chi connectivity index (χ3n) is 29.0. The van der Waals surface area contributed by atoms with Crippen LogP contribution in [0.1, 0.15) is 360 Å². The Morgan fingerprint density at radius 3 is 0.664 bits per heavy atom. The number of ether oxygens (including phenoxy) is 9. The highest BCUT2D eigenvalue weighted by Crippen LogP contribution is 2.40. The van der Waals surface area contributed by atoms with Crippen molar-refractivity contribution < 1.29 is 47.4 Å². The molecule has 0 aromatic heterocycles. The zero-order valence-corrected chi connectivity index (χ0v) is 98.6. The lowest BCUT2D eigenvalue weighted by atomic mass is 9.72. The molecule has 9 rings (SSSR count). The molecule has 1 amide bonds. The van der Waals surface area contributed by atoms with Crippen molar-refractivity contribution in [2.45, 2.75) is 420 Å². The molecule has 802 valence electrons. The fraction of sp³-hybridized carbons (Fsp3) is 0.922. The van der Waals surface area contributed by atoms with Crippen LogP contribution in [0.4, 0.5) is 4.79 Å². The Kier molecular flexibility index (Phi) is 78.4. The quantitative estimate of drug-likeness (QED) is 0.0849. The van der Waals surface area contributed by atoms with E-state index in [2.05, 4.69) is 257 Å². The van der Waals surface area contributed by atoms with Crippen molar-refractivity contribution in [3.05, 3.63) is 46.6 Å². The van der Waals surface area contributed by atoms with Crippen LogP contribution in [0.3, 0.4) is 0 Å². The van der Waals surface area contributed by atoms with Gasteiger partial charge >= 0.3 is 6.09 Å². The van der Waals surface area contributed by atoms with E-state index in [1.54, 1.807) is 73.6 Å². The van der Waals surface area contributed by atoms with Crippen LogP contribution in [0, 0.1) is 56.7 Å². The number of piperidine rings is 5. The highest BCUT2D eigenvalue weighted by Gasteiger charge is 2.38. The maximum Gasteiger partial charge on any atom is 0.410 e. The second-order valence-electron chi connectivity index (χ2n) is 44.7. The largest absolute Gasteiger partial charge is 0.444 e. The first kappa shape index (κ1) is 138. The summed E-state index contributed by atoms with van der Waals surface area (Å²) in [6.07, 6.45) is 27.5. The van der Waals surface area contributed by atoms with E-state index in [1.165, 1.54) is 141 Å². The van der Waals surface area contributed by atoms with Gasteiger partial charge in [-0.2, -0.15) is 0 Å². The number of methoxy groups -OCH3 is 8. The summed E-state index contributed by atoms with van der Waals surface area (Å²) in [5.74, 6) is 4.25. The van der Waals surface area contributed by atoms with Crippen LogP contribution in [0.25, 0.3) is 0 Å². The lowest BCUT2D eigenvalue weighted by Crippen LogP contribution is -2.48. The molecule has 5 saturated heterocycles. The van der Waals surface area contributed by atoms with E-state index in [1.807, 2.05) is 81.1 Å². The van der Waals surface area contributed by atoms with E-state index in [0.29, 0.717) is 45.8 Å². The van der Waals surface area contributed by atoms with Crippen LogP contribution in [0.15, 0.2) is 46.6 Å². The minimum Gasteiger partial charge on any atom is -0.444 e. The summed E-state index contributed by atoms with van der Waals surface area (Å²) in [5.41, 5.74) is 7.03. The lowest BCUT2D eigenvalue weighted by molar-refractivity contribution is 0.0181. The minimum absolute atomic E-state index is 0.0973. The average molecular weight is 1910 g/mol. The first-order valence-corrected chi connectivity index (χ1v) is 54.6. The standard InChI is InChI=1S/C15H27NO2.C13H27NO.3C13H25NO.4C10H21NO.4C2H6/c1-11-12(14(2,3)4)9-8-10-16(11)13(17)18-15(5,6)7;4*1-11-12(13(2,3)4)7-6-8-14(11)9-10-15-5;4*1-9-5-4-6-11(10(9)2)7-8-12-3;4*1-2/h9,11H,8,10H2,1-7H3;11-12H,6-10H2,1-5H3;3*7,11H,6,8-10H2,1-5H3;4*9-10H,4-8H2,1-3H3;4*1-2H3/t;;2*11-;;2*9-,10+;2*9-,10-;;;;/m..10.1010..../s1. The highest BCUT2D eigenvalue weighted by atomic mass is 16.6. The highest BCUT2D eigenvalue weighted by molar-refractivity contribution is 5.69. The number of amides is 1. The lowest BCUT2D eigenvalue weighted by Gasteiger charge is -2.45. The van der Waals surface area contributed by atoms with E-state index in [-0.39, 0.29) is 17.6 Å². The molecule has 19 nitrogen and oxygen atoms in total. The molecule has 0 N–H and O–H groups in total. The van der Waals surface area contributed by atoms with Gasteiger partial charge in [0.05, 0.1) is 58.9 Å². The molecule has 0 aliphatic carbocycles. The molecule has 0 radical (unpaired) electrons. The van der Waals surface area contributed by atoms with Gasteiger partial charge in [0.2, 0.25) is 0 Å². The molecule has 19 heteroatoms. The van der Waals surface area contributed by atoms with Gasteiger partial charge in [-0.1, -0.05) is 228 Å². The first-order chi connectivity index (χ1) is 62.9. The van der Waals surface area contributed by atoms with Gasteiger partial charge in [-0.25, -0.2) is 4.79 Å². The van der Waals surface area contributed by atoms with Crippen LogP contribution < -0.4 is 0 Å². The zero-order valence-electron chi connectivity index (χ0n) is 98.6. The number of hydrogen-bond donors (Lipinski definition) is 0. The Hall–Kier alpha value is -2.41. The second kappa shape index (κ2) is 76.3. The van der Waals surface area contributed by atoms with E-state index in [4.69, 9.17) is 42.6 Å². The number of likely N-dealkylation sites (tertiary alicyclic amines) is 5. The van der Waals surface area contributed by atoms with Crippen molar-refractivity contribution in [1.82, 2.24) is 44.1 Å². The SMILES string of the molecule is CC.CC.CC.CC.CC1C(C(C)(C)C)=CCCN1C(=O)OC(C)(C)C.COCCN1CCC=C(C(C)(C)C)C1C.COCCN1CCC=C(C(C)(C)C)[C@@H]1C.COCCN1CCC=C(C(C)(C)C)[C@H]1C.COCCN1CCCC(C(C)(C)C)C1C.COCCN1CCC[C@@H](C)[C@@H]1C.COCCN1CCC[C@@H](C)[C@H]1C.COCCN1CCC[C@H](C)[C@@H]1C.COCCN1CCC[C@H](C)[C@H]1C. The Morgan fingerprint density at radius 2 is 0.463 bits per heavy atom. The van der Waals surface area contributed by atoms with Gasteiger partial charge in [0.25, 0.3) is 0 Å². The number of rotatable bonds is 24. The predicted molar refractivity (Wildman–Crippen MR) is 585 cm³/mol. The smallest absolute Gasteiger partial charge is 0.410 e. The van der Waals surface area contributed by atoms with Crippen molar-refractivity contribution in [2.75, 3.05) is 221 Å². The minimum atomic E-state index is -0.431. The Morgan fingerprint density at radius 1 is 0.269 bits per heavy atom. The van der Waals surface area contributed by atoms with Crippen LogP contribution in [0.2, 0.25) is 0 Å². The molecule has 0 bridgehead atoms. The molecule has 134 heavy (non-hydrogen) atoms. The molecule has 4 unspecified atom stereocenters. The van der Waals surface area contributed by atoms with Crippen molar-refractivity contribution in [3.63, 3.8) is 0 Å². The molecule has 5 fully saturated rings. The summed E-state index contributed by atoms with van der Waals surface area (Å²) >= 11 is 0. The summed E-state index contributed by atoms with van der Waals surface area (Å²) in [6, 6.07) is 5.49. The van der Waals surface area contributed by atoms with Crippen molar-refractivity contribution >= 4 is 6.09 Å².